The Hall–Kier alpha value is -1.02. The van der Waals surface area contributed by atoms with E-state index in [2.05, 4.69) is 13.0 Å². The first-order valence-electron chi connectivity index (χ1n) is 4.72. The molecule has 0 aromatic heterocycles. The molecule has 0 aliphatic carbocycles. The number of nitrogens with two attached hydrogens (primary N) is 1. The molecular weight excluding hydrogens is 162 g/mol. The largest absolute Gasteiger partial charge is 0.494 e. The second-order valence-electron chi connectivity index (χ2n) is 3.16. The maximum Gasteiger partial charge on any atom is 0.119 e. The van der Waals surface area contributed by atoms with Crippen LogP contribution in [0, 0.1) is 6.92 Å². The van der Waals surface area contributed by atoms with E-state index in [0.717, 1.165) is 31.7 Å². The summed E-state index contributed by atoms with van der Waals surface area (Å²) < 4.78 is 5.53. The summed E-state index contributed by atoms with van der Waals surface area (Å²) in [5.41, 5.74) is 6.61. The van der Waals surface area contributed by atoms with E-state index in [0.29, 0.717) is 0 Å². The molecule has 2 nitrogen and oxygen atoms in total. The molecule has 0 bridgehead atoms. The second-order valence-corrected chi connectivity index (χ2v) is 3.16. The first-order chi connectivity index (χ1) is 6.33. The minimum atomic E-state index is 0.747. The third kappa shape index (κ3) is 3.95. The van der Waals surface area contributed by atoms with Crippen LogP contribution in [0.1, 0.15) is 18.4 Å². The van der Waals surface area contributed by atoms with E-state index in [1.807, 2.05) is 18.2 Å². The van der Waals surface area contributed by atoms with Gasteiger partial charge in [-0.2, -0.15) is 0 Å². The van der Waals surface area contributed by atoms with Crippen LogP contribution in [-0.2, 0) is 0 Å². The molecule has 0 saturated heterocycles. The van der Waals surface area contributed by atoms with Crippen molar-refractivity contribution in [2.45, 2.75) is 19.8 Å². The minimum Gasteiger partial charge on any atom is -0.494 e. The molecule has 0 amide bonds. The molecule has 0 unspecified atom stereocenters. The van der Waals surface area contributed by atoms with Crippen molar-refractivity contribution in [2.75, 3.05) is 13.2 Å². The smallest absolute Gasteiger partial charge is 0.119 e. The van der Waals surface area contributed by atoms with Gasteiger partial charge in [-0.1, -0.05) is 12.1 Å². The number of aryl methyl sites for hydroxylation is 1. The fourth-order valence-electron chi connectivity index (χ4n) is 1.14. The summed E-state index contributed by atoms with van der Waals surface area (Å²) >= 11 is 0. The van der Waals surface area contributed by atoms with Gasteiger partial charge in [0.05, 0.1) is 6.61 Å². The predicted octanol–water partition coefficient (Wildman–Crippen LogP) is 2.11. The Balaban J connectivity index is 2.28. The number of rotatable bonds is 5. The van der Waals surface area contributed by atoms with Gasteiger partial charge in [-0.3, -0.25) is 0 Å². The first kappa shape index (κ1) is 10.1. The molecule has 0 spiro atoms. The molecular formula is C11H17NO. The molecule has 13 heavy (non-hydrogen) atoms. The van der Waals surface area contributed by atoms with Crippen molar-refractivity contribution in [3.05, 3.63) is 29.8 Å². The van der Waals surface area contributed by atoms with Crippen LogP contribution in [0.25, 0.3) is 0 Å². The average molecular weight is 179 g/mol. The van der Waals surface area contributed by atoms with Crippen molar-refractivity contribution in [3.63, 3.8) is 0 Å². The highest BCUT2D eigenvalue weighted by Gasteiger charge is 1.92. The number of ether oxygens (including phenoxy) is 1. The van der Waals surface area contributed by atoms with Crippen LogP contribution in [0.15, 0.2) is 24.3 Å². The lowest BCUT2D eigenvalue weighted by molar-refractivity contribution is 0.307. The maximum absolute atomic E-state index is 5.53. The van der Waals surface area contributed by atoms with Crippen molar-refractivity contribution in [2.24, 2.45) is 5.73 Å². The number of benzene rings is 1. The van der Waals surface area contributed by atoms with Gasteiger partial charge in [-0.25, -0.2) is 0 Å². The van der Waals surface area contributed by atoms with Gasteiger partial charge in [-0.15, -0.1) is 0 Å². The summed E-state index contributed by atoms with van der Waals surface area (Å²) in [6.45, 7) is 3.57. The van der Waals surface area contributed by atoms with E-state index < -0.39 is 0 Å². The number of unbranched alkanes of at least 4 members (excludes halogenated alkanes) is 1. The highest BCUT2D eigenvalue weighted by molar-refractivity contribution is 5.27. The molecule has 1 rings (SSSR count). The summed E-state index contributed by atoms with van der Waals surface area (Å²) in [6, 6.07) is 8.10. The molecule has 0 atom stereocenters. The molecule has 1 aromatic carbocycles. The van der Waals surface area contributed by atoms with Crippen LogP contribution in [0.2, 0.25) is 0 Å². The molecule has 0 aliphatic heterocycles. The number of hydrogen-bond donors (Lipinski definition) is 1. The fourth-order valence-corrected chi connectivity index (χ4v) is 1.14. The van der Waals surface area contributed by atoms with Gasteiger partial charge in [0.15, 0.2) is 0 Å². The van der Waals surface area contributed by atoms with Crippen LogP contribution in [-0.4, -0.2) is 13.2 Å². The van der Waals surface area contributed by atoms with Crippen molar-refractivity contribution in [3.8, 4) is 5.75 Å². The van der Waals surface area contributed by atoms with E-state index in [9.17, 15) is 0 Å². The predicted molar refractivity (Wildman–Crippen MR) is 55.0 cm³/mol. The molecule has 72 valence electrons. The Morgan fingerprint density at radius 1 is 1.31 bits per heavy atom. The standard InChI is InChI=1S/C11H17NO/c1-10-5-4-6-11(9-10)13-8-3-2-7-12/h4-6,9H,2-3,7-8,12H2,1H3. The van der Waals surface area contributed by atoms with Crippen molar-refractivity contribution >= 4 is 0 Å². The van der Waals surface area contributed by atoms with Crippen molar-refractivity contribution in [1.82, 2.24) is 0 Å². The fraction of sp³-hybridized carbons (Fsp3) is 0.455. The summed E-state index contributed by atoms with van der Waals surface area (Å²) in [7, 11) is 0. The lowest BCUT2D eigenvalue weighted by Crippen LogP contribution is -2.03. The lowest BCUT2D eigenvalue weighted by atomic mass is 10.2. The topological polar surface area (TPSA) is 35.2 Å². The van der Waals surface area contributed by atoms with Crippen LogP contribution < -0.4 is 10.5 Å². The summed E-state index contributed by atoms with van der Waals surface area (Å²) in [4.78, 5) is 0. The average Bonchev–Trinajstić information content (AvgIpc) is 2.13. The highest BCUT2D eigenvalue weighted by Crippen LogP contribution is 2.12. The molecule has 1 aromatic rings. The van der Waals surface area contributed by atoms with Crippen LogP contribution in [0.4, 0.5) is 0 Å². The van der Waals surface area contributed by atoms with Crippen LogP contribution >= 0.6 is 0 Å². The minimum absolute atomic E-state index is 0.747. The van der Waals surface area contributed by atoms with E-state index in [1.165, 1.54) is 5.56 Å². The van der Waals surface area contributed by atoms with Gasteiger partial charge >= 0.3 is 0 Å². The molecule has 0 heterocycles. The SMILES string of the molecule is Cc1cccc(OCCCCN)c1. The third-order valence-electron chi connectivity index (χ3n) is 1.86. The first-order valence-corrected chi connectivity index (χ1v) is 4.72. The number of hydrogen-bond acceptors (Lipinski definition) is 2. The van der Waals surface area contributed by atoms with E-state index in [-0.39, 0.29) is 0 Å². The van der Waals surface area contributed by atoms with E-state index in [4.69, 9.17) is 10.5 Å². The zero-order valence-corrected chi connectivity index (χ0v) is 8.12. The molecule has 2 N–H and O–H groups in total. The Labute approximate surface area is 79.7 Å². The van der Waals surface area contributed by atoms with E-state index in [1.54, 1.807) is 0 Å². The maximum atomic E-state index is 5.53. The molecule has 0 saturated carbocycles. The third-order valence-corrected chi connectivity index (χ3v) is 1.86. The van der Waals surface area contributed by atoms with E-state index >= 15 is 0 Å². The zero-order valence-electron chi connectivity index (χ0n) is 8.12. The van der Waals surface area contributed by atoms with Crippen LogP contribution in [0.3, 0.4) is 0 Å². The Morgan fingerprint density at radius 2 is 2.15 bits per heavy atom. The second kappa shape index (κ2) is 5.60. The van der Waals surface area contributed by atoms with Gasteiger partial charge in [0.1, 0.15) is 5.75 Å². The molecule has 0 radical (unpaired) electrons. The molecule has 2 heteroatoms. The van der Waals surface area contributed by atoms with Gasteiger partial charge in [-0.05, 0) is 44.0 Å². The summed E-state index contributed by atoms with van der Waals surface area (Å²) in [5.74, 6) is 0.956. The lowest BCUT2D eigenvalue weighted by Gasteiger charge is -2.05. The van der Waals surface area contributed by atoms with Crippen molar-refractivity contribution in [1.29, 1.82) is 0 Å². The van der Waals surface area contributed by atoms with Gasteiger partial charge in [0, 0.05) is 0 Å². The Kier molecular flexibility index (Phi) is 4.33. The quantitative estimate of drug-likeness (QED) is 0.703. The Bertz CT molecular complexity index is 248. The molecule has 0 fully saturated rings. The normalized spacial score (nSPS) is 10.0. The van der Waals surface area contributed by atoms with Gasteiger partial charge < -0.3 is 10.5 Å². The van der Waals surface area contributed by atoms with Gasteiger partial charge in [0.25, 0.3) is 0 Å². The monoisotopic (exact) mass is 179 g/mol. The summed E-state index contributed by atoms with van der Waals surface area (Å²) in [5, 5.41) is 0. The van der Waals surface area contributed by atoms with Crippen molar-refractivity contribution < 1.29 is 4.74 Å². The van der Waals surface area contributed by atoms with Gasteiger partial charge in [0.2, 0.25) is 0 Å². The Morgan fingerprint density at radius 3 is 2.85 bits per heavy atom. The van der Waals surface area contributed by atoms with Crippen LogP contribution in [0.5, 0.6) is 5.75 Å². The molecule has 0 aliphatic rings. The zero-order chi connectivity index (χ0) is 9.52. The summed E-state index contributed by atoms with van der Waals surface area (Å²) in [6.07, 6.45) is 2.07. The highest BCUT2D eigenvalue weighted by atomic mass is 16.5.